The fourth-order valence-electron chi connectivity index (χ4n) is 2.17. The van der Waals surface area contributed by atoms with Gasteiger partial charge < -0.3 is 20.1 Å². The molecule has 2 N–H and O–H groups in total. The van der Waals surface area contributed by atoms with Gasteiger partial charge in [0.05, 0.1) is 23.6 Å². The molecular formula is C17H20N2O6S. The molecular weight excluding hydrogens is 360 g/mol. The number of amides is 2. The fraction of sp³-hybridized carbons (Fsp3) is 0.412. The first-order valence-electron chi connectivity index (χ1n) is 8.15. The Morgan fingerprint density at radius 2 is 2.08 bits per heavy atom. The average Bonchev–Trinajstić information content (AvgIpc) is 2.62. The van der Waals surface area contributed by atoms with Crippen LogP contribution >= 0.6 is 11.8 Å². The number of anilines is 1. The van der Waals surface area contributed by atoms with Crippen LogP contribution in [0.4, 0.5) is 5.69 Å². The lowest BCUT2D eigenvalue weighted by Crippen LogP contribution is -2.30. The second kappa shape index (κ2) is 9.81. The van der Waals surface area contributed by atoms with Crippen molar-refractivity contribution < 1.29 is 28.7 Å². The Hall–Kier alpha value is -2.55. The molecule has 0 aromatic heterocycles. The van der Waals surface area contributed by atoms with Crippen LogP contribution in [0.3, 0.4) is 0 Å². The van der Waals surface area contributed by atoms with Gasteiger partial charge in [0.1, 0.15) is 0 Å². The molecule has 1 heterocycles. The molecule has 0 unspecified atom stereocenters. The highest BCUT2D eigenvalue weighted by molar-refractivity contribution is 8.00. The largest absolute Gasteiger partial charge is 0.466 e. The second-order valence-electron chi connectivity index (χ2n) is 5.38. The molecule has 0 bridgehead atoms. The molecule has 0 aliphatic carbocycles. The van der Waals surface area contributed by atoms with Crippen molar-refractivity contribution in [3.8, 4) is 0 Å². The van der Waals surface area contributed by atoms with E-state index in [9.17, 15) is 19.2 Å². The Morgan fingerprint density at radius 1 is 1.27 bits per heavy atom. The summed E-state index contributed by atoms with van der Waals surface area (Å²) < 4.78 is 9.74. The molecule has 0 spiro atoms. The number of ether oxygens (including phenoxy) is 2. The number of benzene rings is 1. The lowest BCUT2D eigenvalue weighted by molar-refractivity contribution is -0.143. The van der Waals surface area contributed by atoms with E-state index in [0.717, 1.165) is 4.90 Å². The van der Waals surface area contributed by atoms with E-state index in [4.69, 9.17) is 9.47 Å². The van der Waals surface area contributed by atoms with Crippen LogP contribution < -0.4 is 10.6 Å². The second-order valence-corrected chi connectivity index (χ2v) is 6.40. The van der Waals surface area contributed by atoms with Crippen molar-refractivity contribution in [3.63, 3.8) is 0 Å². The van der Waals surface area contributed by atoms with Crippen LogP contribution in [0.15, 0.2) is 23.1 Å². The van der Waals surface area contributed by atoms with Crippen molar-refractivity contribution in [2.45, 2.75) is 24.7 Å². The third-order valence-electron chi connectivity index (χ3n) is 3.37. The maximum absolute atomic E-state index is 12.0. The third kappa shape index (κ3) is 6.07. The quantitative estimate of drug-likeness (QED) is 0.517. The van der Waals surface area contributed by atoms with Crippen molar-refractivity contribution in [2.24, 2.45) is 0 Å². The lowest BCUT2D eigenvalue weighted by Gasteiger charge is -2.16. The van der Waals surface area contributed by atoms with Crippen LogP contribution in [0.1, 0.15) is 30.1 Å². The first kappa shape index (κ1) is 19.8. The summed E-state index contributed by atoms with van der Waals surface area (Å²) in [5.41, 5.74) is 0.811. The Labute approximate surface area is 155 Å². The Kier molecular flexibility index (Phi) is 7.46. The van der Waals surface area contributed by atoms with Gasteiger partial charge in [-0.2, -0.15) is 0 Å². The average molecular weight is 380 g/mol. The highest BCUT2D eigenvalue weighted by atomic mass is 32.2. The van der Waals surface area contributed by atoms with Gasteiger partial charge in [-0.25, -0.2) is 4.79 Å². The fourth-order valence-corrected chi connectivity index (χ4v) is 2.96. The van der Waals surface area contributed by atoms with Crippen LogP contribution in [0.25, 0.3) is 0 Å². The van der Waals surface area contributed by atoms with Crippen LogP contribution in [0, 0.1) is 0 Å². The molecule has 0 fully saturated rings. The van der Waals surface area contributed by atoms with Crippen LogP contribution in [0.2, 0.25) is 0 Å². The van der Waals surface area contributed by atoms with Crippen LogP contribution in [-0.4, -0.2) is 49.3 Å². The van der Waals surface area contributed by atoms with Gasteiger partial charge in [0, 0.05) is 17.9 Å². The van der Waals surface area contributed by atoms with E-state index in [1.54, 1.807) is 19.1 Å². The first-order valence-corrected chi connectivity index (χ1v) is 9.14. The first-order chi connectivity index (χ1) is 12.5. The molecule has 0 saturated heterocycles. The van der Waals surface area contributed by atoms with E-state index in [1.807, 2.05) is 0 Å². The standard InChI is InChI=1S/C17H20N2O6S/c1-2-24-16(22)4-3-7-18-14(20)9-25-17(23)11-5-6-13-12(8-11)19-15(21)10-26-13/h5-6,8H,2-4,7,9-10H2,1H3,(H,18,20)(H,19,21). The molecule has 2 rings (SSSR count). The molecule has 2 amide bonds. The lowest BCUT2D eigenvalue weighted by atomic mass is 10.2. The molecule has 1 aromatic rings. The van der Waals surface area contributed by atoms with Gasteiger partial charge in [-0.3, -0.25) is 14.4 Å². The maximum Gasteiger partial charge on any atom is 0.338 e. The molecule has 140 valence electrons. The van der Waals surface area contributed by atoms with E-state index < -0.39 is 18.5 Å². The number of hydrogen-bond donors (Lipinski definition) is 2. The van der Waals surface area contributed by atoms with Crippen molar-refractivity contribution in [3.05, 3.63) is 23.8 Å². The number of fused-ring (bicyclic) bond motifs is 1. The zero-order valence-corrected chi connectivity index (χ0v) is 15.1. The minimum atomic E-state index is -0.653. The molecule has 8 nitrogen and oxygen atoms in total. The maximum atomic E-state index is 12.0. The molecule has 26 heavy (non-hydrogen) atoms. The van der Waals surface area contributed by atoms with Gasteiger partial charge in [0.2, 0.25) is 5.91 Å². The normalized spacial score (nSPS) is 12.6. The van der Waals surface area contributed by atoms with Gasteiger partial charge in [-0.15, -0.1) is 11.8 Å². The monoisotopic (exact) mass is 380 g/mol. The number of nitrogens with one attached hydrogen (secondary N) is 2. The summed E-state index contributed by atoms with van der Waals surface area (Å²) >= 11 is 1.39. The van der Waals surface area contributed by atoms with E-state index in [1.165, 1.54) is 17.8 Å². The predicted molar refractivity (Wildman–Crippen MR) is 95.0 cm³/mol. The molecule has 0 atom stereocenters. The minimum Gasteiger partial charge on any atom is -0.466 e. The molecule has 9 heteroatoms. The summed E-state index contributed by atoms with van der Waals surface area (Å²) in [6, 6.07) is 4.84. The van der Waals surface area contributed by atoms with Gasteiger partial charge in [0.15, 0.2) is 6.61 Å². The van der Waals surface area contributed by atoms with Gasteiger partial charge >= 0.3 is 11.9 Å². The number of rotatable bonds is 8. The molecule has 1 aliphatic rings. The number of esters is 2. The summed E-state index contributed by atoms with van der Waals surface area (Å²) in [5, 5.41) is 5.25. The Morgan fingerprint density at radius 3 is 2.85 bits per heavy atom. The van der Waals surface area contributed by atoms with Crippen molar-refractivity contribution in [2.75, 3.05) is 30.8 Å². The summed E-state index contributed by atoms with van der Waals surface area (Å²) in [4.78, 5) is 47.1. The van der Waals surface area contributed by atoms with E-state index >= 15 is 0 Å². The van der Waals surface area contributed by atoms with E-state index in [2.05, 4.69) is 10.6 Å². The number of carbonyl (C=O) groups is 4. The minimum absolute atomic E-state index is 0.129. The third-order valence-corrected chi connectivity index (χ3v) is 4.44. The SMILES string of the molecule is CCOC(=O)CCCNC(=O)COC(=O)c1ccc2c(c1)NC(=O)CS2. The van der Waals surface area contributed by atoms with Crippen molar-refractivity contribution in [1.29, 1.82) is 0 Å². The zero-order chi connectivity index (χ0) is 18.9. The number of thioether (sulfide) groups is 1. The van der Waals surface area contributed by atoms with E-state index in [0.29, 0.717) is 24.5 Å². The van der Waals surface area contributed by atoms with Crippen molar-refractivity contribution >= 4 is 41.2 Å². The van der Waals surface area contributed by atoms with Crippen LogP contribution in [0.5, 0.6) is 0 Å². The number of hydrogen-bond acceptors (Lipinski definition) is 7. The molecule has 0 radical (unpaired) electrons. The summed E-state index contributed by atoms with van der Waals surface area (Å²) in [6.07, 6.45) is 0.660. The van der Waals surface area contributed by atoms with Gasteiger partial charge in [-0.05, 0) is 31.5 Å². The molecule has 0 saturated carbocycles. The van der Waals surface area contributed by atoms with Crippen LogP contribution in [-0.2, 0) is 23.9 Å². The topological polar surface area (TPSA) is 111 Å². The molecule has 1 aromatic carbocycles. The van der Waals surface area contributed by atoms with Crippen molar-refractivity contribution in [1.82, 2.24) is 5.32 Å². The highest BCUT2D eigenvalue weighted by Crippen LogP contribution is 2.32. The smallest absolute Gasteiger partial charge is 0.338 e. The van der Waals surface area contributed by atoms with Gasteiger partial charge in [-0.1, -0.05) is 0 Å². The molecule has 1 aliphatic heterocycles. The Balaban J connectivity index is 1.73. The highest BCUT2D eigenvalue weighted by Gasteiger charge is 2.18. The zero-order valence-electron chi connectivity index (χ0n) is 14.3. The number of carbonyl (C=O) groups excluding carboxylic acids is 4. The summed E-state index contributed by atoms with van der Waals surface area (Å²) in [5.74, 6) is -1.21. The van der Waals surface area contributed by atoms with E-state index in [-0.39, 0.29) is 30.4 Å². The van der Waals surface area contributed by atoms with Gasteiger partial charge in [0.25, 0.3) is 5.91 Å². The predicted octanol–water partition coefficient (Wildman–Crippen LogP) is 1.35. The summed E-state index contributed by atoms with van der Waals surface area (Å²) in [7, 11) is 0. The summed E-state index contributed by atoms with van der Waals surface area (Å²) in [6.45, 7) is 1.92. The Bertz CT molecular complexity index is 706.